The summed E-state index contributed by atoms with van der Waals surface area (Å²) in [7, 11) is 2.05. The van der Waals surface area contributed by atoms with E-state index in [1.807, 2.05) is 18.4 Å². The molecule has 1 aromatic heterocycles. The van der Waals surface area contributed by atoms with E-state index >= 15 is 0 Å². The van der Waals surface area contributed by atoms with E-state index in [1.165, 1.54) is 17.7 Å². The van der Waals surface area contributed by atoms with Gasteiger partial charge in [0.1, 0.15) is 0 Å². The average molecular weight is 225 g/mol. The third-order valence-corrected chi connectivity index (χ3v) is 4.43. The maximum Gasteiger partial charge on any atom is 0.00454 e. The molecule has 1 atom stereocenters. The van der Waals surface area contributed by atoms with Crippen LogP contribution in [0.1, 0.15) is 32.1 Å². The highest BCUT2D eigenvalue weighted by Gasteiger charge is 2.27. The molecule has 0 saturated carbocycles. The lowest BCUT2D eigenvalue weighted by molar-refractivity contribution is 0.196. The summed E-state index contributed by atoms with van der Waals surface area (Å²) in [6.07, 6.45) is 2.49. The molecule has 0 aliphatic carbocycles. The van der Waals surface area contributed by atoms with Crippen molar-refractivity contribution in [3.8, 4) is 0 Å². The molecular formula is C13H23NS. The second-order valence-electron chi connectivity index (χ2n) is 4.92. The molecule has 1 aromatic rings. The Balaban J connectivity index is 2.52. The molecule has 0 spiro atoms. The molecule has 0 amide bonds. The highest BCUT2D eigenvalue weighted by molar-refractivity contribution is 7.09. The molecule has 0 fully saturated rings. The van der Waals surface area contributed by atoms with E-state index in [2.05, 4.69) is 43.6 Å². The van der Waals surface area contributed by atoms with Crippen molar-refractivity contribution in [1.82, 2.24) is 5.32 Å². The number of hydrogen-bond acceptors (Lipinski definition) is 2. The van der Waals surface area contributed by atoms with Gasteiger partial charge in [0.15, 0.2) is 0 Å². The van der Waals surface area contributed by atoms with Crippen LogP contribution in [0.15, 0.2) is 17.5 Å². The van der Waals surface area contributed by atoms with Crippen LogP contribution in [0.5, 0.6) is 0 Å². The first kappa shape index (κ1) is 12.7. The van der Waals surface area contributed by atoms with E-state index in [0.717, 1.165) is 12.5 Å². The summed E-state index contributed by atoms with van der Waals surface area (Å²) >= 11 is 1.87. The molecule has 86 valence electrons. The number of hydrogen-bond donors (Lipinski definition) is 1. The van der Waals surface area contributed by atoms with Crippen molar-refractivity contribution < 1.29 is 0 Å². The average Bonchev–Trinajstić information content (AvgIpc) is 2.67. The number of thiophene rings is 1. The van der Waals surface area contributed by atoms with Gasteiger partial charge in [-0.05, 0) is 42.7 Å². The third kappa shape index (κ3) is 3.62. The first-order valence-electron chi connectivity index (χ1n) is 5.75. The first-order chi connectivity index (χ1) is 7.08. The fourth-order valence-electron chi connectivity index (χ4n) is 1.85. The van der Waals surface area contributed by atoms with Gasteiger partial charge in [-0.2, -0.15) is 0 Å². The van der Waals surface area contributed by atoms with Crippen LogP contribution in [0.3, 0.4) is 0 Å². The molecule has 0 bridgehead atoms. The van der Waals surface area contributed by atoms with Crippen molar-refractivity contribution in [3.05, 3.63) is 22.4 Å². The van der Waals surface area contributed by atoms with Crippen LogP contribution in [0.2, 0.25) is 0 Å². The van der Waals surface area contributed by atoms with Crippen LogP contribution in [-0.4, -0.2) is 13.6 Å². The molecule has 0 saturated heterocycles. The van der Waals surface area contributed by atoms with Crippen LogP contribution in [0.25, 0.3) is 0 Å². The molecule has 15 heavy (non-hydrogen) atoms. The predicted molar refractivity (Wildman–Crippen MR) is 69.5 cm³/mol. The van der Waals surface area contributed by atoms with Gasteiger partial charge in [0.25, 0.3) is 0 Å². The summed E-state index contributed by atoms with van der Waals surface area (Å²) in [6, 6.07) is 4.38. The Morgan fingerprint density at radius 2 is 2.20 bits per heavy atom. The Morgan fingerprint density at radius 1 is 1.47 bits per heavy atom. The van der Waals surface area contributed by atoms with Crippen LogP contribution in [0, 0.1) is 11.3 Å². The van der Waals surface area contributed by atoms with Crippen LogP contribution < -0.4 is 5.32 Å². The molecule has 1 N–H and O–H groups in total. The second kappa shape index (κ2) is 5.66. The Bertz CT molecular complexity index is 266. The van der Waals surface area contributed by atoms with Crippen LogP contribution in [-0.2, 0) is 6.42 Å². The molecular weight excluding hydrogens is 202 g/mol. The third-order valence-electron chi connectivity index (χ3n) is 3.50. The highest BCUT2D eigenvalue weighted by Crippen LogP contribution is 2.32. The lowest BCUT2D eigenvalue weighted by Crippen LogP contribution is -2.34. The zero-order chi connectivity index (χ0) is 11.3. The van der Waals surface area contributed by atoms with Crippen molar-refractivity contribution in [3.63, 3.8) is 0 Å². The molecule has 1 heterocycles. The van der Waals surface area contributed by atoms with Crippen LogP contribution >= 0.6 is 11.3 Å². The second-order valence-corrected chi connectivity index (χ2v) is 5.95. The summed E-state index contributed by atoms with van der Waals surface area (Å²) in [4.78, 5) is 1.51. The van der Waals surface area contributed by atoms with Crippen molar-refractivity contribution in [1.29, 1.82) is 0 Å². The maximum atomic E-state index is 3.32. The number of nitrogens with one attached hydrogen (secondary N) is 1. The summed E-state index contributed by atoms with van der Waals surface area (Å²) in [5.41, 5.74) is 0.415. The first-order valence-corrected chi connectivity index (χ1v) is 6.63. The summed E-state index contributed by atoms with van der Waals surface area (Å²) < 4.78 is 0. The van der Waals surface area contributed by atoms with Crippen molar-refractivity contribution in [2.75, 3.05) is 13.6 Å². The van der Waals surface area contributed by atoms with Gasteiger partial charge in [-0.3, -0.25) is 0 Å². The molecule has 0 radical (unpaired) electrons. The zero-order valence-corrected chi connectivity index (χ0v) is 11.2. The zero-order valence-electron chi connectivity index (χ0n) is 10.3. The Morgan fingerprint density at radius 3 is 2.67 bits per heavy atom. The number of rotatable bonds is 6. The monoisotopic (exact) mass is 225 g/mol. The Kier molecular flexibility index (Phi) is 4.81. The van der Waals surface area contributed by atoms with Crippen molar-refractivity contribution in [2.24, 2.45) is 11.3 Å². The van der Waals surface area contributed by atoms with Gasteiger partial charge < -0.3 is 5.32 Å². The van der Waals surface area contributed by atoms with E-state index < -0.39 is 0 Å². The van der Waals surface area contributed by atoms with E-state index in [0.29, 0.717) is 5.41 Å². The lowest BCUT2D eigenvalue weighted by atomic mass is 9.75. The van der Waals surface area contributed by atoms with Gasteiger partial charge in [-0.15, -0.1) is 11.3 Å². The molecule has 2 heteroatoms. The molecule has 0 aliphatic rings. The van der Waals surface area contributed by atoms with Crippen LogP contribution in [0.4, 0.5) is 0 Å². The van der Waals surface area contributed by atoms with E-state index in [1.54, 1.807) is 0 Å². The van der Waals surface area contributed by atoms with E-state index in [9.17, 15) is 0 Å². The molecule has 0 aliphatic heterocycles. The molecule has 0 aromatic carbocycles. The van der Waals surface area contributed by atoms with E-state index in [-0.39, 0.29) is 0 Å². The minimum absolute atomic E-state index is 0.415. The lowest BCUT2D eigenvalue weighted by Gasteiger charge is -2.33. The summed E-state index contributed by atoms with van der Waals surface area (Å²) in [5.74, 6) is 0.727. The fourth-order valence-corrected chi connectivity index (χ4v) is 2.56. The van der Waals surface area contributed by atoms with Gasteiger partial charge in [0.05, 0.1) is 0 Å². The standard InChI is InChI=1S/C13H23NS/c1-11(2)13(3,10-14-4)8-7-12-6-5-9-15-12/h5-6,9,11,14H,7-8,10H2,1-4H3. The van der Waals surface area contributed by atoms with E-state index in [4.69, 9.17) is 0 Å². The largest absolute Gasteiger partial charge is 0.319 e. The topological polar surface area (TPSA) is 12.0 Å². The van der Waals surface area contributed by atoms with Gasteiger partial charge in [0, 0.05) is 11.4 Å². The highest BCUT2D eigenvalue weighted by atomic mass is 32.1. The van der Waals surface area contributed by atoms with Crippen molar-refractivity contribution >= 4 is 11.3 Å². The fraction of sp³-hybridized carbons (Fsp3) is 0.692. The van der Waals surface area contributed by atoms with Gasteiger partial charge in [0.2, 0.25) is 0 Å². The van der Waals surface area contributed by atoms with Crippen molar-refractivity contribution in [2.45, 2.75) is 33.6 Å². The summed E-state index contributed by atoms with van der Waals surface area (Å²) in [5, 5.41) is 5.49. The quantitative estimate of drug-likeness (QED) is 0.780. The molecule has 1 unspecified atom stereocenters. The number of aryl methyl sites for hydroxylation is 1. The smallest absolute Gasteiger partial charge is 0.00454 e. The van der Waals surface area contributed by atoms with Gasteiger partial charge in [-0.25, -0.2) is 0 Å². The minimum Gasteiger partial charge on any atom is -0.319 e. The van der Waals surface area contributed by atoms with Gasteiger partial charge >= 0.3 is 0 Å². The normalized spacial score (nSPS) is 15.5. The summed E-state index contributed by atoms with van der Waals surface area (Å²) in [6.45, 7) is 8.15. The predicted octanol–water partition coefficient (Wildman–Crippen LogP) is 3.56. The maximum absolute atomic E-state index is 3.32. The molecule has 1 nitrogen and oxygen atoms in total. The SMILES string of the molecule is CNCC(C)(CCc1cccs1)C(C)C. The Labute approximate surface area is 97.9 Å². The Hall–Kier alpha value is -0.340. The molecule has 1 rings (SSSR count). The minimum atomic E-state index is 0.415. The van der Waals surface area contributed by atoms with Gasteiger partial charge in [-0.1, -0.05) is 26.8 Å².